The van der Waals surface area contributed by atoms with E-state index in [1.54, 1.807) is 24.5 Å². The van der Waals surface area contributed by atoms with Crippen molar-refractivity contribution in [1.29, 1.82) is 0 Å². The molecule has 2 heterocycles. The normalized spacial score (nSPS) is 9.91. The van der Waals surface area contributed by atoms with E-state index in [1.807, 2.05) is 24.3 Å². The van der Waals surface area contributed by atoms with Gasteiger partial charge >= 0.3 is 0 Å². The Morgan fingerprint density at radius 2 is 1.65 bits per heavy atom. The largest absolute Gasteiger partial charge is 0.399 e. The maximum atomic E-state index is 5.98. The van der Waals surface area contributed by atoms with Crippen molar-refractivity contribution in [1.82, 2.24) is 15.0 Å². The number of nitrogen functional groups attached to an aromatic ring is 3. The molecule has 0 bridgehead atoms. The monoisotopic (exact) mass is 302 g/mol. The summed E-state index contributed by atoms with van der Waals surface area (Å²) < 4.78 is 0. The van der Waals surface area contributed by atoms with E-state index in [1.165, 1.54) is 0 Å². The first-order chi connectivity index (χ1) is 11.1. The fourth-order valence-corrected chi connectivity index (χ4v) is 2.04. The molecule has 112 valence electrons. The molecule has 3 aromatic rings. The smallest absolute Gasteiger partial charge is 0.222 e. The van der Waals surface area contributed by atoms with Crippen LogP contribution in [-0.2, 0) is 0 Å². The average molecular weight is 302 g/mol. The minimum absolute atomic E-state index is 0.0984. The first-order valence-electron chi connectivity index (χ1n) is 6.84. The molecule has 0 aliphatic rings. The number of nitrogens with two attached hydrogens (primary N) is 3. The summed E-state index contributed by atoms with van der Waals surface area (Å²) in [6.45, 7) is 0. The highest BCUT2D eigenvalue weighted by molar-refractivity contribution is 5.75. The van der Waals surface area contributed by atoms with Gasteiger partial charge in [0.05, 0.1) is 11.3 Å². The molecule has 0 spiro atoms. The molecular formula is C17H14N6. The molecule has 0 aliphatic heterocycles. The standard InChI is InChI=1S/C17H14N6/c18-13-6-4-12(5-7-13)15-14(16(19)23-17(20)22-15)8-3-11-2-1-9-21-10-11/h1-2,4-7,9-10H,18H2,(H4,19,20,22,23). The van der Waals surface area contributed by atoms with Crippen LogP contribution in [0.4, 0.5) is 17.5 Å². The van der Waals surface area contributed by atoms with Crippen molar-refractivity contribution in [2.24, 2.45) is 0 Å². The second kappa shape index (κ2) is 6.03. The first kappa shape index (κ1) is 14.4. The summed E-state index contributed by atoms with van der Waals surface area (Å²) in [5.41, 5.74) is 20.8. The Bertz CT molecular complexity index is 892. The van der Waals surface area contributed by atoms with E-state index in [2.05, 4.69) is 26.8 Å². The number of pyridine rings is 1. The number of rotatable bonds is 1. The fourth-order valence-electron chi connectivity index (χ4n) is 2.04. The van der Waals surface area contributed by atoms with Crippen molar-refractivity contribution in [2.45, 2.75) is 0 Å². The first-order valence-corrected chi connectivity index (χ1v) is 6.84. The molecule has 6 nitrogen and oxygen atoms in total. The lowest BCUT2D eigenvalue weighted by Crippen LogP contribution is -2.05. The van der Waals surface area contributed by atoms with E-state index in [9.17, 15) is 0 Å². The predicted octanol–water partition coefficient (Wildman–Crippen LogP) is 1.69. The highest BCUT2D eigenvalue weighted by Gasteiger charge is 2.11. The van der Waals surface area contributed by atoms with Crippen LogP contribution in [0.5, 0.6) is 0 Å². The summed E-state index contributed by atoms with van der Waals surface area (Å²) >= 11 is 0. The summed E-state index contributed by atoms with van der Waals surface area (Å²) in [5, 5.41) is 0. The van der Waals surface area contributed by atoms with Crippen LogP contribution >= 0.6 is 0 Å². The van der Waals surface area contributed by atoms with E-state index < -0.39 is 0 Å². The highest BCUT2D eigenvalue weighted by atomic mass is 15.0. The Hall–Kier alpha value is -3.59. The van der Waals surface area contributed by atoms with Gasteiger partial charge in [-0.05, 0) is 24.3 Å². The summed E-state index contributed by atoms with van der Waals surface area (Å²) in [5.74, 6) is 6.35. The molecule has 3 rings (SSSR count). The molecule has 23 heavy (non-hydrogen) atoms. The SMILES string of the molecule is Nc1ccc(-c2nc(N)nc(N)c2C#Cc2cccnc2)cc1. The van der Waals surface area contributed by atoms with Gasteiger partial charge in [0.25, 0.3) is 0 Å². The second-order valence-electron chi connectivity index (χ2n) is 4.80. The molecule has 0 atom stereocenters. The van der Waals surface area contributed by atoms with E-state index >= 15 is 0 Å². The van der Waals surface area contributed by atoms with E-state index in [-0.39, 0.29) is 11.8 Å². The topological polar surface area (TPSA) is 117 Å². The quantitative estimate of drug-likeness (QED) is 0.465. The zero-order valence-electron chi connectivity index (χ0n) is 12.2. The van der Waals surface area contributed by atoms with Gasteiger partial charge in [0.15, 0.2) is 0 Å². The Morgan fingerprint density at radius 1 is 0.870 bits per heavy atom. The lowest BCUT2D eigenvalue weighted by molar-refractivity contribution is 1.19. The number of benzene rings is 1. The van der Waals surface area contributed by atoms with Crippen LogP contribution in [0.15, 0.2) is 48.8 Å². The van der Waals surface area contributed by atoms with Crippen molar-refractivity contribution in [3.05, 3.63) is 59.9 Å². The van der Waals surface area contributed by atoms with Crippen LogP contribution in [0.3, 0.4) is 0 Å². The number of nitrogens with zero attached hydrogens (tertiary/aromatic N) is 3. The molecule has 0 fully saturated rings. The minimum atomic E-state index is 0.0984. The van der Waals surface area contributed by atoms with Gasteiger partial charge in [-0.3, -0.25) is 4.98 Å². The molecule has 0 amide bonds. The third-order valence-corrected chi connectivity index (χ3v) is 3.13. The van der Waals surface area contributed by atoms with E-state index in [0.717, 1.165) is 11.1 Å². The zero-order valence-corrected chi connectivity index (χ0v) is 12.2. The maximum absolute atomic E-state index is 5.98. The third kappa shape index (κ3) is 3.19. The van der Waals surface area contributed by atoms with Crippen LogP contribution in [0.25, 0.3) is 11.3 Å². The minimum Gasteiger partial charge on any atom is -0.399 e. The van der Waals surface area contributed by atoms with Crippen LogP contribution < -0.4 is 17.2 Å². The van der Waals surface area contributed by atoms with Crippen molar-refractivity contribution in [3.8, 4) is 23.1 Å². The van der Waals surface area contributed by atoms with Crippen LogP contribution in [0.1, 0.15) is 11.1 Å². The Morgan fingerprint density at radius 3 is 2.35 bits per heavy atom. The summed E-state index contributed by atoms with van der Waals surface area (Å²) in [4.78, 5) is 12.3. The van der Waals surface area contributed by atoms with Gasteiger partial charge in [-0.25, -0.2) is 4.98 Å². The Balaban J connectivity index is 2.13. The molecular weight excluding hydrogens is 288 g/mol. The van der Waals surface area contributed by atoms with Crippen molar-refractivity contribution < 1.29 is 0 Å². The second-order valence-corrected chi connectivity index (χ2v) is 4.80. The lowest BCUT2D eigenvalue weighted by atomic mass is 10.1. The van der Waals surface area contributed by atoms with Gasteiger partial charge in [0.1, 0.15) is 5.82 Å². The van der Waals surface area contributed by atoms with Crippen molar-refractivity contribution >= 4 is 17.5 Å². The predicted molar refractivity (Wildman–Crippen MR) is 90.9 cm³/mol. The number of hydrogen-bond acceptors (Lipinski definition) is 6. The van der Waals surface area contributed by atoms with Gasteiger partial charge in [-0.15, -0.1) is 0 Å². The average Bonchev–Trinajstić information content (AvgIpc) is 2.55. The Labute approximate surface area is 133 Å². The molecule has 0 saturated heterocycles. The molecule has 0 radical (unpaired) electrons. The molecule has 2 aromatic heterocycles. The van der Waals surface area contributed by atoms with Crippen molar-refractivity contribution in [3.63, 3.8) is 0 Å². The van der Waals surface area contributed by atoms with Gasteiger partial charge in [-0.2, -0.15) is 4.98 Å². The van der Waals surface area contributed by atoms with Crippen molar-refractivity contribution in [2.75, 3.05) is 17.2 Å². The van der Waals surface area contributed by atoms with Crippen LogP contribution in [0, 0.1) is 11.8 Å². The van der Waals surface area contributed by atoms with Gasteiger partial charge in [0.2, 0.25) is 5.95 Å². The molecule has 0 unspecified atom stereocenters. The van der Waals surface area contributed by atoms with Crippen LogP contribution in [-0.4, -0.2) is 15.0 Å². The zero-order chi connectivity index (χ0) is 16.2. The number of anilines is 3. The van der Waals surface area contributed by atoms with E-state index in [0.29, 0.717) is 16.9 Å². The van der Waals surface area contributed by atoms with Gasteiger partial charge in [0, 0.05) is 29.2 Å². The highest BCUT2D eigenvalue weighted by Crippen LogP contribution is 2.26. The summed E-state index contributed by atoms with van der Waals surface area (Å²) in [6, 6.07) is 10.9. The molecule has 6 heteroatoms. The van der Waals surface area contributed by atoms with E-state index in [4.69, 9.17) is 17.2 Å². The Kier molecular flexibility index (Phi) is 3.77. The molecule has 0 aliphatic carbocycles. The fraction of sp³-hybridized carbons (Fsp3) is 0. The van der Waals surface area contributed by atoms with Gasteiger partial charge < -0.3 is 17.2 Å². The summed E-state index contributed by atoms with van der Waals surface area (Å²) in [7, 11) is 0. The maximum Gasteiger partial charge on any atom is 0.222 e. The lowest BCUT2D eigenvalue weighted by Gasteiger charge is -2.07. The third-order valence-electron chi connectivity index (χ3n) is 3.13. The molecule has 6 N–H and O–H groups in total. The number of aromatic nitrogens is 3. The number of hydrogen-bond donors (Lipinski definition) is 3. The molecule has 1 aromatic carbocycles. The molecule has 0 saturated carbocycles. The summed E-state index contributed by atoms with van der Waals surface area (Å²) in [6.07, 6.45) is 3.36. The van der Waals surface area contributed by atoms with Crippen LogP contribution in [0.2, 0.25) is 0 Å². The van der Waals surface area contributed by atoms with Gasteiger partial charge in [-0.1, -0.05) is 24.0 Å².